The molecular weight excluding hydrogens is 286 g/mol. The van der Waals surface area contributed by atoms with Crippen molar-refractivity contribution in [3.05, 3.63) is 65.7 Å². The molecule has 0 aliphatic carbocycles. The van der Waals surface area contributed by atoms with Crippen LogP contribution in [0.2, 0.25) is 0 Å². The maximum atomic E-state index is 12.4. The molecule has 0 heterocycles. The van der Waals surface area contributed by atoms with E-state index in [0.717, 1.165) is 12.0 Å². The first-order valence-corrected chi connectivity index (χ1v) is 8.35. The van der Waals surface area contributed by atoms with Crippen LogP contribution in [0.15, 0.2) is 54.6 Å². The smallest absolute Gasteiger partial charge is 0.255 e. The van der Waals surface area contributed by atoms with Crippen LogP contribution in [0, 0.1) is 0 Å². The highest BCUT2D eigenvalue weighted by atomic mass is 16.5. The Morgan fingerprint density at radius 3 is 2.48 bits per heavy atom. The molecule has 0 aromatic heterocycles. The summed E-state index contributed by atoms with van der Waals surface area (Å²) in [6, 6.07) is 17.3. The molecule has 0 atom stereocenters. The van der Waals surface area contributed by atoms with Gasteiger partial charge in [-0.1, -0.05) is 68.7 Å². The van der Waals surface area contributed by atoms with Crippen LogP contribution in [-0.2, 0) is 6.54 Å². The molecule has 2 rings (SSSR count). The monoisotopic (exact) mass is 311 g/mol. The summed E-state index contributed by atoms with van der Waals surface area (Å²) in [7, 11) is 0. The van der Waals surface area contributed by atoms with E-state index in [1.807, 2.05) is 54.6 Å². The predicted octanol–water partition coefficient (Wildman–Crippen LogP) is 4.58. The van der Waals surface area contributed by atoms with Gasteiger partial charge in [-0.15, -0.1) is 0 Å². The number of benzene rings is 2. The second-order valence-electron chi connectivity index (χ2n) is 5.57. The van der Waals surface area contributed by atoms with Crippen LogP contribution in [0.1, 0.15) is 48.5 Å². The summed E-state index contributed by atoms with van der Waals surface area (Å²) in [6.07, 6.45) is 4.62. The topological polar surface area (TPSA) is 38.3 Å². The van der Waals surface area contributed by atoms with Crippen LogP contribution in [0.25, 0.3) is 0 Å². The number of carbonyl (C=O) groups excluding carboxylic acids is 1. The van der Waals surface area contributed by atoms with Crippen LogP contribution in [0.5, 0.6) is 5.75 Å². The molecule has 0 bridgehead atoms. The minimum Gasteiger partial charge on any atom is -0.493 e. The van der Waals surface area contributed by atoms with Gasteiger partial charge < -0.3 is 10.1 Å². The van der Waals surface area contributed by atoms with E-state index in [2.05, 4.69) is 12.2 Å². The maximum absolute atomic E-state index is 12.4. The van der Waals surface area contributed by atoms with Crippen molar-refractivity contribution in [3.63, 3.8) is 0 Å². The van der Waals surface area contributed by atoms with Gasteiger partial charge in [0.25, 0.3) is 5.91 Å². The lowest BCUT2D eigenvalue weighted by atomic mass is 10.1. The summed E-state index contributed by atoms with van der Waals surface area (Å²) >= 11 is 0. The Kier molecular flexibility index (Phi) is 7.18. The predicted molar refractivity (Wildman–Crippen MR) is 93.7 cm³/mol. The van der Waals surface area contributed by atoms with Gasteiger partial charge in [-0.2, -0.15) is 0 Å². The van der Waals surface area contributed by atoms with Gasteiger partial charge in [0, 0.05) is 6.54 Å². The zero-order valence-corrected chi connectivity index (χ0v) is 13.8. The number of para-hydroxylation sites is 1. The lowest BCUT2D eigenvalue weighted by Crippen LogP contribution is -2.23. The number of hydrogen-bond acceptors (Lipinski definition) is 2. The second-order valence-corrected chi connectivity index (χ2v) is 5.57. The number of nitrogens with one attached hydrogen (secondary N) is 1. The van der Waals surface area contributed by atoms with Crippen molar-refractivity contribution in [1.82, 2.24) is 5.32 Å². The Labute approximate surface area is 138 Å². The molecule has 23 heavy (non-hydrogen) atoms. The molecule has 0 fully saturated rings. The molecule has 1 N–H and O–H groups in total. The molecule has 122 valence electrons. The first-order chi connectivity index (χ1) is 11.3. The van der Waals surface area contributed by atoms with Crippen molar-refractivity contribution in [2.24, 2.45) is 0 Å². The summed E-state index contributed by atoms with van der Waals surface area (Å²) in [4.78, 5) is 12.4. The van der Waals surface area contributed by atoms with Crippen molar-refractivity contribution in [2.45, 2.75) is 39.2 Å². The average molecular weight is 311 g/mol. The van der Waals surface area contributed by atoms with Crippen LogP contribution in [0.3, 0.4) is 0 Å². The van der Waals surface area contributed by atoms with E-state index in [4.69, 9.17) is 4.74 Å². The Bertz CT molecular complexity index is 596. The minimum absolute atomic E-state index is 0.0991. The van der Waals surface area contributed by atoms with Crippen molar-refractivity contribution >= 4 is 5.91 Å². The fourth-order valence-electron chi connectivity index (χ4n) is 2.36. The lowest BCUT2D eigenvalue weighted by Gasteiger charge is -2.11. The molecule has 0 radical (unpaired) electrons. The molecule has 3 heteroatoms. The summed E-state index contributed by atoms with van der Waals surface area (Å²) in [5, 5.41) is 2.95. The summed E-state index contributed by atoms with van der Waals surface area (Å²) in [6.45, 7) is 3.36. The zero-order valence-electron chi connectivity index (χ0n) is 13.8. The summed E-state index contributed by atoms with van der Waals surface area (Å²) < 4.78 is 5.80. The molecule has 0 saturated carbocycles. The Morgan fingerprint density at radius 2 is 1.70 bits per heavy atom. The third-order valence-corrected chi connectivity index (χ3v) is 3.68. The largest absolute Gasteiger partial charge is 0.493 e. The number of rotatable bonds is 9. The highest BCUT2D eigenvalue weighted by molar-refractivity contribution is 5.96. The average Bonchev–Trinajstić information content (AvgIpc) is 2.61. The molecule has 2 aromatic carbocycles. The molecule has 0 unspecified atom stereocenters. The molecule has 0 spiro atoms. The van der Waals surface area contributed by atoms with Crippen LogP contribution < -0.4 is 10.1 Å². The van der Waals surface area contributed by atoms with Crippen molar-refractivity contribution in [1.29, 1.82) is 0 Å². The van der Waals surface area contributed by atoms with E-state index in [-0.39, 0.29) is 5.91 Å². The Hall–Kier alpha value is -2.29. The van der Waals surface area contributed by atoms with Crippen LogP contribution in [-0.4, -0.2) is 12.5 Å². The van der Waals surface area contributed by atoms with Gasteiger partial charge in [0.15, 0.2) is 0 Å². The molecule has 0 saturated heterocycles. The fourth-order valence-corrected chi connectivity index (χ4v) is 2.36. The van der Waals surface area contributed by atoms with Gasteiger partial charge in [0.05, 0.1) is 12.2 Å². The number of hydrogen-bond donors (Lipinski definition) is 1. The van der Waals surface area contributed by atoms with Crippen molar-refractivity contribution < 1.29 is 9.53 Å². The fraction of sp³-hybridized carbons (Fsp3) is 0.350. The van der Waals surface area contributed by atoms with E-state index in [9.17, 15) is 4.79 Å². The molecule has 2 aromatic rings. The molecule has 3 nitrogen and oxygen atoms in total. The zero-order chi connectivity index (χ0) is 16.3. The van der Waals surface area contributed by atoms with Crippen LogP contribution in [0.4, 0.5) is 0 Å². The first kappa shape index (κ1) is 17.1. The normalized spacial score (nSPS) is 10.3. The van der Waals surface area contributed by atoms with Gasteiger partial charge in [0.2, 0.25) is 0 Å². The van der Waals surface area contributed by atoms with Crippen molar-refractivity contribution in [3.8, 4) is 5.75 Å². The number of ether oxygens (including phenoxy) is 1. The molecule has 0 aliphatic rings. The van der Waals surface area contributed by atoms with E-state index in [0.29, 0.717) is 24.5 Å². The summed E-state index contributed by atoms with van der Waals surface area (Å²) in [5.74, 6) is 0.563. The first-order valence-electron chi connectivity index (χ1n) is 8.35. The summed E-state index contributed by atoms with van der Waals surface area (Å²) in [5.41, 5.74) is 1.68. The van der Waals surface area contributed by atoms with E-state index >= 15 is 0 Å². The maximum Gasteiger partial charge on any atom is 0.255 e. The third-order valence-electron chi connectivity index (χ3n) is 3.68. The highest BCUT2D eigenvalue weighted by Gasteiger charge is 2.11. The number of unbranched alkanes of at least 4 members (excludes halogenated alkanes) is 3. The molecule has 1 amide bonds. The van der Waals surface area contributed by atoms with E-state index in [1.165, 1.54) is 19.3 Å². The van der Waals surface area contributed by atoms with Gasteiger partial charge in [-0.3, -0.25) is 4.79 Å². The van der Waals surface area contributed by atoms with E-state index in [1.54, 1.807) is 0 Å². The van der Waals surface area contributed by atoms with Gasteiger partial charge in [0.1, 0.15) is 5.75 Å². The van der Waals surface area contributed by atoms with Gasteiger partial charge in [-0.25, -0.2) is 0 Å². The van der Waals surface area contributed by atoms with Gasteiger partial charge in [-0.05, 0) is 24.1 Å². The number of carbonyl (C=O) groups is 1. The quantitative estimate of drug-likeness (QED) is 0.689. The minimum atomic E-state index is -0.0991. The van der Waals surface area contributed by atoms with Crippen LogP contribution >= 0.6 is 0 Å². The molecular formula is C20H25NO2. The second kappa shape index (κ2) is 9.67. The third kappa shape index (κ3) is 5.78. The van der Waals surface area contributed by atoms with Gasteiger partial charge >= 0.3 is 0 Å². The highest BCUT2D eigenvalue weighted by Crippen LogP contribution is 2.18. The Balaban J connectivity index is 1.89. The lowest BCUT2D eigenvalue weighted by molar-refractivity contribution is 0.0946. The van der Waals surface area contributed by atoms with E-state index < -0.39 is 0 Å². The number of amides is 1. The molecule has 0 aliphatic heterocycles. The standard InChI is InChI=1S/C20H25NO2/c1-2-3-4-10-15-23-19-14-9-8-13-18(19)20(22)21-16-17-11-6-5-7-12-17/h5-9,11-14H,2-4,10,15-16H2,1H3,(H,21,22). The SMILES string of the molecule is CCCCCCOc1ccccc1C(=O)NCc1ccccc1. The van der Waals surface area contributed by atoms with Crippen molar-refractivity contribution in [2.75, 3.05) is 6.61 Å². The Morgan fingerprint density at radius 1 is 0.957 bits per heavy atom.